The second kappa shape index (κ2) is 11.7. The molecular formula is C22H32FIN6O. The third kappa shape index (κ3) is 6.09. The van der Waals surface area contributed by atoms with Crippen LogP contribution in [0.25, 0.3) is 0 Å². The van der Waals surface area contributed by atoms with Crippen molar-refractivity contribution >= 4 is 35.8 Å². The van der Waals surface area contributed by atoms with Gasteiger partial charge in [-0.15, -0.1) is 24.0 Å². The molecule has 2 fully saturated rings. The number of hydrogen-bond donors (Lipinski definition) is 2. The van der Waals surface area contributed by atoms with Crippen LogP contribution in [0.1, 0.15) is 37.5 Å². The van der Waals surface area contributed by atoms with Crippen molar-refractivity contribution < 1.29 is 8.81 Å². The van der Waals surface area contributed by atoms with E-state index >= 15 is 0 Å². The van der Waals surface area contributed by atoms with Gasteiger partial charge >= 0.3 is 0 Å². The van der Waals surface area contributed by atoms with Gasteiger partial charge in [0.2, 0.25) is 0 Å². The van der Waals surface area contributed by atoms with E-state index in [1.807, 2.05) is 17.0 Å². The Kier molecular flexibility index (Phi) is 8.94. The number of likely N-dealkylation sites (tertiary alicyclic amines) is 1. The molecule has 0 aromatic carbocycles. The Morgan fingerprint density at radius 3 is 2.81 bits per heavy atom. The molecule has 2 atom stereocenters. The topological polar surface area (TPSA) is 68.9 Å². The van der Waals surface area contributed by atoms with Gasteiger partial charge in [0, 0.05) is 38.9 Å². The van der Waals surface area contributed by atoms with Gasteiger partial charge in [-0.3, -0.25) is 9.89 Å². The van der Waals surface area contributed by atoms with Gasteiger partial charge in [-0.2, -0.15) is 0 Å². The first-order valence-electron chi connectivity index (χ1n) is 10.8. The maximum Gasteiger partial charge on any atom is 0.191 e. The Balaban J connectivity index is 0.00000272. The standard InChI is InChI=1S/C22H31FN6O.HI/c1-24-22(27-17-9-13-29(16-17)21-18(23)7-5-10-25-21)26-15-19(20-8-6-14-30-20)28-11-3-2-4-12-28;/h5-8,10,14,17,19H,2-4,9,11-13,15-16H2,1H3,(H2,24,26,27);1H. The molecule has 2 aromatic heterocycles. The Hall–Kier alpha value is -1.88. The molecule has 170 valence electrons. The summed E-state index contributed by atoms with van der Waals surface area (Å²) in [5, 5.41) is 6.96. The second-order valence-electron chi connectivity index (χ2n) is 7.97. The molecule has 0 saturated carbocycles. The van der Waals surface area contributed by atoms with Gasteiger partial charge in [-0.1, -0.05) is 6.42 Å². The fraction of sp³-hybridized carbons (Fsp3) is 0.545. The number of hydrogen-bond acceptors (Lipinski definition) is 5. The zero-order valence-electron chi connectivity index (χ0n) is 18.0. The lowest BCUT2D eigenvalue weighted by molar-refractivity contribution is 0.146. The molecule has 2 N–H and O–H groups in total. The lowest BCUT2D eigenvalue weighted by atomic mass is 10.1. The number of nitrogens with zero attached hydrogens (tertiary/aromatic N) is 4. The summed E-state index contributed by atoms with van der Waals surface area (Å²) in [5.41, 5.74) is 0. The highest BCUT2D eigenvalue weighted by Crippen LogP contribution is 2.25. The van der Waals surface area contributed by atoms with Crippen molar-refractivity contribution in [2.24, 2.45) is 4.99 Å². The number of guanidine groups is 1. The maximum absolute atomic E-state index is 14.0. The van der Waals surface area contributed by atoms with E-state index in [-0.39, 0.29) is 41.9 Å². The van der Waals surface area contributed by atoms with Crippen molar-refractivity contribution in [2.45, 2.75) is 37.8 Å². The van der Waals surface area contributed by atoms with Crippen molar-refractivity contribution in [3.63, 3.8) is 0 Å². The van der Waals surface area contributed by atoms with Gasteiger partial charge in [0.05, 0.1) is 12.3 Å². The number of aliphatic imine (C=N–C) groups is 1. The van der Waals surface area contributed by atoms with E-state index < -0.39 is 0 Å². The lowest BCUT2D eigenvalue weighted by Crippen LogP contribution is -2.48. The number of rotatable bonds is 6. The van der Waals surface area contributed by atoms with E-state index in [1.165, 1.54) is 25.3 Å². The van der Waals surface area contributed by atoms with Crippen molar-refractivity contribution in [3.8, 4) is 0 Å². The van der Waals surface area contributed by atoms with E-state index in [4.69, 9.17) is 4.42 Å². The number of piperidine rings is 1. The predicted octanol–water partition coefficient (Wildman–Crippen LogP) is 3.40. The van der Waals surface area contributed by atoms with Crippen molar-refractivity contribution in [1.82, 2.24) is 20.5 Å². The third-order valence-electron chi connectivity index (χ3n) is 5.96. The summed E-state index contributed by atoms with van der Waals surface area (Å²) in [6.07, 6.45) is 8.04. The normalized spacial score (nSPS) is 20.9. The molecule has 2 saturated heterocycles. The minimum atomic E-state index is -0.275. The van der Waals surface area contributed by atoms with Crippen LogP contribution < -0.4 is 15.5 Å². The number of furan rings is 1. The van der Waals surface area contributed by atoms with Crippen LogP contribution in [-0.2, 0) is 0 Å². The molecule has 0 amide bonds. The number of halogens is 2. The SMILES string of the molecule is CN=C(NCC(c1ccco1)N1CCCCC1)NC1CCN(c2ncccc2F)C1.I. The van der Waals surface area contributed by atoms with Crippen LogP contribution >= 0.6 is 24.0 Å². The van der Waals surface area contributed by atoms with Gasteiger partial charge < -0.3 is 20.0 Å². The molecule has 0 bridgehead atoms. The summed E-state index contributed by atoms with van der Waals surface area (Å²) in [5.74, 6) is 1.89. The molecular weight excluding hydrogens is 510 g/mol. The molecule has 4 rings (SSSR count). The van der Waals surface area contributed by atoms with E-state index in [0.29, 0.717) is 12.4 Å². The monoisotopic (exact) mass is 542 g/mol. The molecule has 2 unspecified atom stereocenters. The molecule has 2 aromatic rings. The zero-order valence-corrected chi connectivity index (χ0v) is 20.3. The number of nitrogens with one attached hydrogen (secondary N) is 2. The van der Waals surface area contributed by atoms with Crippen molar-refractivity contribution in [2.75, 3.05) is 44.7 Å². The summed E-state index contributed by atoms with van der Waals surface area (Å²) in [6.45, 7) is 4.37. The Morgan fingerprint density at radius 1 is 1.26 bits per heavy atom. The maximum atomic E-state index is 14.0. The first-order valence-corrected chi connectivity index (χ1v) is 10.8. The van der Waals surface area contributed by atoms with Crippen LogP contribution in [0.5, 0.6) is 0 Å². The molecule has 31 heavy (non-hydrogen) atoms. The van der Waals surface area contributed by atoms with E-state index in [1.54, 1.807) is 25.6 Å². The highest BCUT2D eigenvalue weighted by atomic mass is 127. The lowest BCUT2D eigenvalue weighted by Gasteiger charge is -2.34. The highest BCUT2D eigenvalue weighted by Gasteiger charge is 2.27. The van der Waals surface area contributed by atoms with Crippen LogP contribution in [0.2, 0.25) is 0 Å². The fourth-order valence-electron chi connectivity index (χ4n) is 4.38. The second-order valence-corrected chi connectivity index (χ2v) is 7.97. The molecule has 2 aliphatic heterocycles. The number of anilines is 1. The zero-order chi connectivity index (χ0) is 20.8. The number of pyridine rings is 1. The minimum Gasteiger partial charge on any atom is -0.468 e. The summed E-state index contributed by atoms with van der Waals surface area (Å²) in [7, 11) is 1.78. The summed E-state index contributed by atoms with van der Waals surface area (Å²) in [4.78, 5) is 13.1. The summed E-state index contributed by atoms with van der Waals surface area (Å²) < 4.78 is 19.8. The quantitative estimate of drug-likeness (QED) is 0.332. The summed E-state index contributed by atoms with van der Waals surface area (Å²) in [6, 6.07) is 7.44. The Morgan fingerprint density at radius 2 is 2.10 bits per heavy atom. The van der Waals surface area contributed by atoms with Gasteiger partial charge in [-0.05, 0) is 56.6 Å². The predicted molar refractivity (Wildman–Crippen MR) is 132 cm³/mol. The molecule has 2 aliphatic rings. The molecule has 0 spiro atoms. The smallest absolute Gasteiger partial charge is 0.191 e. The van der Waals surface area contributed by atoms with Crippen molar-refractivity contribution in [1.29, 1.82) is 0 Å². The minimum absolute atomic E-state index is 0. The van der Waals surface area contributed by atoms with Crippen LogP contribution in [0.3, 0.4) is 0 Å². The third-order valence-corrected chi connectivity index (χ3v) is 5.96. The Bertz CT molecular complexity index is 827. The first-order chi connectivity index (χ1) is 14.7. The average Bonchev–Trinajstić information content (AvgIpc) is 3.47. The molecule has 4 heterocycles. The van der Waals surface area contributed by atoms with Gasteiger partial charge in [-0.25, -0.2) is 9.37 Å². The fourth-order valence-corrected chi connectivity index (χ4v) is 4.38. The van der Waals surface area contributed by atoms with Crippen molar-refractivity contribution in [3.05, 3.63) is 48.3 Å². The Labute approximate surface area is 200 Å². The largest absolute Gasteiger partial charge is 0.468 e. The molecule has 9 heteroatoms. The van der Waals surface area contributed by atoms with Gasteiger partial charge in [0.15, 0.2) is 17.6 Å². The average molecular weight is 542 g/mol. The molecule has 7 nitrogen and oxygen atoms in total. The molecule has 0 aliphatic carbocycles. The van der Waals surface area contributed by atoms with Crippen LogP contribution in [0.15, 0.2) is 46.1 Å². The van der Waals surface area contributed by atoms with E-state index in [9.17, 15) is 4.39 Å². The first kappa shape index (κ1) is 23.8. The highest BCUT2D eigenvalue weighted by molar-refractivity contribution is 14.0. The molecule has 0 radical (unpaired) electrons. The number of aromatic nitrogens is 1. The summed E-state index contributed by atoms with van der Waals surface area (Å²) >= 11 is 0. The van der Waals surface area contributed by atoms with Crippen LogP contribution in [-0.4, -0.2) is 61.7 Å². The van der Waals surface area contributed by atoms with Gasteiger partial charge in [0.1, 0.15) is 5.76 Å². The van der Waals surface area contributed by atoms with Gasteiger partial charge in [0.25, 0.3) is 0 Å². The van der Waals surface area contributed by atoms with Crippen LogP contribution in [0.4, 0.5) is 10.2 Å². The van der Waals surface area contributed by atoms with Crippen LogP contribution in [0, 0.1) is 5.82 Å². The van der Waals surface area contributed by atoms with E-state index in [0.717, 1.165) is 44.3 Å². The van der Waals surface area contributed by atoms with E-state index in [2.05, 4.69) is 25.5 Å².